The number of ether oxygens (including phenoxy) is 1. The first-order valence-corrected chi connectivity index (χ1v) is 11.0. The van der Waals surface area contributed by atoms with Crippen molar-refractivity contribution in [3.63, 3.8) is 0 Å². The summed E-state index contributed by atoms with van der Waals surface area (Å²) in [5.41, 5.74) is 6.04. The lowest BCUT2D eigenvalue weighted by Crippen LogP contribution is -2.21. The van der Waals surface area contributed by atoms with Crippen molar-refractivity contribution in [3.8, 4) is 11.4 Å². The predicted octanol–water partition coefficient (Wildman–Crippen LogP) is 4.65. The van der Waals surface area contributed by atoms with Gasteiger partial charge in [0, 0.05) is 5.69 Å². The van der Waals surface area contributed by atoms with E-state index in [1.807, 2.05) is 84.3 Å². The maximum absolute atomic E-state index is 13.7. The van der Waals surface area contributed by atoms with E-state index in [1.165, 1.54) is 5.56 Å². The smallest absolute Gasteiger partial charge is 0.265 e. The molecule has 7 nitrogen and oxygen atoms in total. The highest BCUT2D eigenvalue weighted by Gasteiger charge is 2.21. The van der Waals surface area contributed by atoms with Gasteiger partial charge < -0.3 is 4.74 Å². The monoisotopic (exact) mass is 447 g/mol. The molecule has 0 atom stereocenters. The molecular formula is C27H21N5O2. The van der Waals surface area contributed by atoms with Crippen molar-refractivity contribution in [1.29, 1.82) is 0 Å². The molecule has 166 valence electrons. The van der Waals surface area contributed by atoms with Crippen molar-refractivity contribution in [2.45, 2.75) is 13.5 Å². The summed E-state index contributed by atoms with van der Waals surface area (Å²) in [5.74, 6) is 0.745. The van der Waals surface area contributed by atoms with Crippen LogP contribution in [0.2, 0.25) is 0 Å². The first kappa shape index (κ1) is 20.1. The number of aromatic nitrogens is 5. The van der Waals surface area contributed by atoms with E-state index in [1.54, 1.807) is 18.0 Å². The fourth-order valence-electron chi connectivity index (χ4n) is 4.25. The Morgan fingerprint density at radius 2 is 1.56 bits per heavy atom. The second kappa shape index (κ2) is 7.81. The molecule has 0 aliphatic carbocycles. The van der Waals surface area contributed by atoms with Crippen LogP contribution in [0, 0.1) is 6.92 Å². The van der Waals surface area contributed by atoms with E-state index in [-0.39, 0.29) is 5.56 Å². The lowest BCUT2D eigenvalue weighted by molar-refractivity contribution is 0.415. The molecule has 3 aromatic carbocycles. The van der Waals surface area contributed by atoms with Gasteiger partial charge in [-0.3, -0.25) is 13.9 Å². The SMILES string of the molecule is COc1ccc(-n2c3nc4ccccc4nc3c3c(=O)n(Cc4ccc(C)cc4)cnc32)cc1. The molecule has 0 saturated heterocycles. The lowest BCUT2D eigenvalue weighted by Gasteiger charge is -2.09. The van der Waals surface area contributed by atoms with Crippen LogP contribution in [0.25, 0.3) is 38.9 Å². The number of fused-ring (bicyclic) bond motifs is 4. The van der Waals surface area contributed by atoms with E-state index in [0.29, 0.717) is 28.7 Å². The summed E-state index contributed by atoms with van der Waals surface area (Å²) < 4.78 is 8.83. The molecule has 0 amide bonds. The van der Waals surface area contributed by atoms with Crippen molar-refractivity contribution >= 4 is 33.2 Å². The molecule has 3 heterocycles. The van der Waals surface area contributed by atoms with E-state index in [0.717, 1.165) is 28.0 Å². The van der Waals surface area contributed by atoms with Crippen molar-refractivity contribution < 1.29 is 4.74 Å². The van der Waals surface area contributed by atoms with Crippen LogP contribution in [0.5, 0.6) is 5.75 Å². The summed E-state index contributed by atoms with van der Waals surface area (Å²) in [4.78, 5) is 28.2. The average molecular weight is 447 g/mol. The van der Waals surface area contributed by atoms with E-state index in [2.05, 4.69) is 0 Å². The summed E-state index contributed by atoms with van der Waals surface area (Å²) in [7, 11) is 1.63. The highest BCUT2D eigenvalue weighted by molar-refractivity contribution is 6.05. The van der Waals surface area contributed by atoms with Gasteiger partial charge in [0.25, 0.3) is 5.56 Å². The number of hydrogen-bond donors (Lipinski definition) is 0. The Balaban J connectivity index is 1.65. The van der Waals surface area contributed by atoms with Gasteiger partial charge in [0.05, 0.1) is 24.7 Å². The standard InChI is InChI=1S/C27H21N5O2/c1-17-7-9-18(10-8-17)15-31-16-28-25-23(27(31)33)24-26(30-22-6-4-3-5-21(22)29-24)32(25)19-11-13-20(34-2)14-12-19/h3-14,16H,15H2,1-2H3. The van der Waals surface area contributed by atoms with Crippen molar-refractivity contribution in [2.75, 3.05) is 7.11 Å². The maximum atomic E-state index is 13.7. The van der Waals surface area contributed by atoms with Crippen LogP contribution in [0.15, 0.2) is 83.9 Å². The highest BCUT2D eigenvalue weighted by Crippen LogP contribution is 2.29. The van der Waals surface area contributed by atoms with Gasteiger partial charge >= 0.3 is 0 Å². The lowest BCUT2D eigenvalue weighted by atomic mass is 10.1. The van der Waals surface area contributed by atoms with Gasteiger partial charge in [-0.15, -0.1) is 0 Å². The van der Waals surface area contributed by atoms with Gasteiger partial charge in [-0.2, -0.15) is 0 Å². The minimum Gasteiger partial charge on any atom is -0.497 e. The third-order valence-electron chi connectivity index (χ3n) is 6.03. The number of aryl methyl sites for hydroxylation is 1. The van der Waals surface area contributed by atoms with E-state index >= 15 is 0 Å². The molecule has 0 fully saturated rings. The molecule has 0 unspecified atom stereocenters. The van der Waals surface area contributed by atoms with Crippen molar-refractivity contribution in [2.24, 2.45) is 0 Å². The minimum absolute atomic E-state index is 0.146. The minimum atomic E-state index is -0.146. The normalized spacial score (nSPS) is 11.5. The molecule has 0 spiro atoms. The largest absolute Gasteiger partial charge is 0.497 e. The second-order valence-corrected chi connectivity index (χ2v) is 8.28. The zero-order chi connectivity index (χ0) is 23.2. The fourth-order valence-corrected chi connectivity index (χ4v) is 4.25. The van der Waals surface area contributed by atoms with Crippen molar-refractivity contribution in [3.05, 3.63) is 101 Å². The Labute approximate surface area is 194 Å². The zero-order valence-corrected chi connectivity index (χ0v) is 18.8. The molecule has 6 aromatic rings. The topological polar surface area (TPSA) is 74.8 Å². The Kier molecular flexibility index (Phi) is 4.62. The molecule has 0 saturated carbocycles. The van der Waals surface area contributed by atoms with Crippen molar-refractivity contribution in [1.82, 2.24) is 24.1 Å². The Morgan fingerprint density at radius 3 is 2.26 bits per heavy atom. The Morgan fingerprint density at radius 1 is 0.853 bits per heavy atom. The van der Waals surface area contributed by atoms with E-state index in [4.69, 9.17) is 19.7 Å². The third kappa shape index (κ3) is 3.21. The molecule has 0 aliphatic rings. The van der Waals surface area contributed by atoms with Gasteiger partial charge in [-0.1, -0.05) is 42.0 Å². The molecule has 6 rings (SSSR count). The summed E-state index contributed by atoms with van der Waals surface area (Å²) in [6.45, 7) is 2.47. The van der Waals surface area contributed by atoms with Gasteiger partial charge in [0.2, 0.25) is 0 Å². The number of nitrogens with zero attached hydrogens (tertiary/aromatic N) is 5. The molecule has 0 bridgehead atoms. The van der Waals surface area contributed by atoms with Crippen LogP contribution >= 0.6 is 0 Å². The molecule has 7 heteroatoms. The van der Waals surface area contributed by atoms with Crippen LogP contribution in [0.1, 0.15) is 11.1 Å². The van der Waals surface area contributed by atoms with Gasteiger partial charge in [-0.05, 0) is 48.9 Å². The fraction of sp³-hybridized carbons (Fsp3) is 0.111. The van der Waals surface area contributed by atoms with Gasteiger partial charge in [0.15, 0.2) is 11.3 Å². The third-order valence-corrected chi connectivity index (χ3v) is 6.03. The zero-order valence-electron chi connectivity index (χ0n) is 18.8. The molecule has 0 radical (unpaired) electrons. The molecule has 34 heavy (non-hydrogen) atoms. The quantitative estimate of drug-likeness (QED) is 0.393. The maximum Gasteiger partial charge on any atom is 0.265 e. The number of benzene rings is 3. The molecular weight excluding hydrogens is 426 g/mol. The average Bonchev–Trinajstić information content (AvgIpc) is 3.19. The Hall–Kier alpha value is -4.52. The van der Waals surface area contributed by atoms with Crippen LogP contribution in [0.3, 0.4) is 0 Å². The van der Waals surface area contributed by atoms with Crippen LogP contribution in [-0.2, 0) is 6.54 Å². The second-order valence-electron chi connectivity index (χ2n) is 8.28. The molecule has 3 aromatic heterocycles. The van der Waals surface area contributed by atoms with Crippen LogP contribution in [-0.4, -0.2) is 31.2 Å². The first-order chi connectivity index (χ1) is 16.6. The Bertz CT molecular complexity index is 1730. The van der Waals surface area contributed by atoms with Gasteiger partial charge in [0.1, 0.15) is 23.0 Å². The summed E-state index contributed by atoms with van der Waals surface area (Å²) >= 11 is 0. The number of para-hydroxylation sites is 2. The highest BCUT2D eigenvalue weighted by atomic mass is 16.5. The number of rotatable bonds is 4. The number of methoxy groups -OCH3 is 1. The predicted molar refractivity (Wildman–Crippen MR) is 133 cm³/mol. The van der Waals surface area contributed by atoms with Crippen LogP contribution in [0.4, 0.5) is 0 Å². The summed E-state index contributed by atoms with van der Waals surface area (Å²) in [5, 5.41) is 0.457. The first-order valence-electron chi connectivity index (χ1n) is 11.0. The van der Waals surface area contributed by atoms with Crippen LogP contribution < -0.4 is 10.3 Å². The van der Waals surface area contributed by atoms with E-state index < -0.39 is 0 Å². The summed E-state index contributed by atoms with van der Waals surface area (Å²) in [6.07, 6.45) is 1.60. The van der Waals surface area contributed by atoms with E-state index in [9.17, 15) is 4.79 Å². The number of hydrogen-bond acceptors (Lipinski definition) is 5. The molecule has 0 aliphatic heterocycles. The molecule has 0 N–H and O–H groups in total. The van der Waals surface area contributed by atoms with Gasteiger partial charge in [-0.25, -0.2) is 15.0 Å². The summed E-state index contributed by atoms with van der Waals surface area (Å²) in [6, 6.07) is 23.4.